The van der Waals surface area contributed by atoms with Crippen LogP contribution in [0, 0.1) is 0 Å². The summed E-state index contributed by atoms with van der Waals surface area (Å²) in [5.41, 5.74) is 1.20. The number of thioether (sulfide) groups is 1. The number of nitrogens with one attached hydrogen (secondary N) is 2. The Hall–Kier alpha value is -1.07. The zero-order valence-electron chi connectivity index (χ0n) is 14.7. The molecule has 1 fully saturated rings. The van der Waals surface area contributed by atoms with Crippen LogP contribution in [0.5, 0.6) is 0 Å². The molecule has 1 heterocycles. The normalized spacial score (nSPS) is 18.0. The third-order valence-corrected chi connectivity index (χ3v) is 5.01. The van der Waals surface area contributed by atoms with E-state index in [1.54, 1.807) is 0 Å². The highest BCUT2D eigenvalue weighted by Crippen LogP contribution is 2.23. The van der Waals surface area contributed by atoms with Crippen LogP contribution in [0.15, 0.2) is 29.3 Å². The summed E-state index contributed by atoms with van der Waals surface area (Å²) < 4.78 is 0. The van der Waals surface area contributed by atoms with Crippen LogP contribution in [0.1, 0.15) is 26.2 Å². The second-order valence-corrected chi connectivity index (χ2v) is 7.44. The average molecular weight is 369 g/mol. The SMILES string of the molecule is CCNC(=NCCCCSC)NC1CCN(c2cccc(Cl)c2)C1. The predicted molar refractivity (Wildman–Crippen MR) is 109 cm³/mol. The third kappa shape index (κ3) is 6.44. The molecule has 0 amide bonds. The fourth-order valence-electron chi connectivity index (χ4n) is 2.85. The first-order valence-corrected chi connectivity index (χ1v) is 10.5. The predicted octanol–water partition coefficient (Wildman–Crippen LogP) is 3.62. The van der Waals surface area contributed by atoms with Crippen molar-refractivity contribution in [2.24, 2.45) is 4.99 Å². The molecular formula is C18H29ClN4S. The average Bonchev–Trinajstić information content (AvgIpc) is 3.03. The molecule has 0 aliphatic carbocycles. The van der Waals surface area contributed by atoms with Gasteiger partial charge in [0.2, 0.25) is 0 Å². The Bertz CT molecular complexity index is 523. The molecule has 1 atom stereocenters. The van der Waals surface area contributed by atoms with Crippen LogP contribution in [0.3, 0.4) is 0 Å². The van der Waals surface area contributed by atoms with Crippen LogP contribution >= 0.6 is 23.4 Å². The molecule has 1 saturated heterocycles. The molecule has 2 rings (SSSR count). The van der Waals surface area contributed by atoms with E-state index in [0.29, 0.717) is 6.04 Å². The molecule has 0 bridgehead atoms. The molecule has 0 saturated carbocycles. The molecule has 0 spiro atoms. The molecule has 2 N–H and O–H groups in total. The van der Waals surface area contributed by atoms with E-state index in [4.69, 9.17) is 16.6 Å². The number of benzene rings is 1. The standard InChI is InChI=1S/C18H29ClN4S/c1-3-20-18(21-10-4-5-12-24-2)22-16-9-11-23(14-16)17-8-6-7-15(19)13-17/h6-8,13,16H,3-5,9-12,14H2,1-2H3,(H2,20,21,22). The summed E-state index contributed by atoms with van der Waals surface area (Å²) in [6.07, 6.45) is 5.65. The Kier molecular flexibility index (Phi) is 8.60. The van der Waals surface area contributed by atoms with Gasteiger partial charge >= 0.3 is 0 Å². The number of rotatable bonds is 8. The summed E-state index contributed by atoms with van der Waals surface area (Å²) in [6.45, 7) is 5.92. The van der Waals surface area contributed by atoms with Gasteiger partial charge in [-0.3, -0.25) is 4.99 Å². The second kappa shape index (κ2) is 10.7. The molecule has 4 nitrogen and oxygen atoms in total. The number of anilines is 1. The highest BCUT2D eigenvalue weighted by Gasteiger charge is 2.23. The van der Waals surface area contributed by atoms with Crippen molar-refractivity contribution in [3.8, 4) is 0 Å². The van der Waals surface area contributed by atoms with Gasteiger partial charge in [-0.15, -0.1) is 0 Å². The lowest BCUT2D eigenvalue weighted by molar-refractivity contribution is 0.647. The Morgan fingerprint density at radius 1 is 1.42 bits per heavy atom. The van der Waals surface area contributed by atoms with Crippen LogP contribution in [-0.2, 0) is 0 Å². The number of halogens is 1. The monoisotopic (exact) mass is 368 g/mol. The number of hydrogen-bond donors (Lipinski definition) is 2. The van der Waals surface area contributed by atoms with E-state index in [0.717, 1.165) is 50.0 Å². The lowest BCUT2D eigenvalue weighted by Gasteiger charge is -2.20. The van der Waals surface area contributed by atoms with E-state index in [2.05, 4.69) is 34.8 Å². The summed E-state index contributed by atoms with van der Waals surface area (Å²) >= 11 is 8.01. The summed E-state index contributed by atoms with van der Waals surface area (Å²) in [4.78, 5) is 7.09. The van der Waals surface area contributed by atoms with Gasteiger partial charge in [-0.2, -0.15) is 11.8 Å². The van der Waals surface area contributed by atoms with Crippen LogP contribution in [0.25, 0.3) is 0 Å². The number of hydrogen-bond acceptors (Lipinski definition) is 3. The van der Waals surface area contributed by atoms with Gasteiger partial charge in [0.25, 0.3) is 0 Å². The minimum Gasteiger partial charge on any atom is -0.369 e. The molecule has 1 aliphatic heterocycles. The molecule has 1 unspecified atom stereocenters. The molecule has 6 heteroatoms. The summed E-state index contributed by atoms with van der Waals surface area (Å²) in [7, 11) is 0. The highest BCUT2D eigenvalue weighted by molar-refractivity contribution is 7.98. The lowest BCUT2D eigenvalue weighted by atomic mass is 10.2. The van der Waals surface area contributed by atoms with Gasteiger partial charge in [0.1, 0.15) is 0 Å². The largest absolute Gasteiger partial charge is 0.369 e. The Labute approximate surface area is 155 Å². The quantitative estimate of drug-likeness (QED) is 0.417. The van der Waals surface area contributed by atoms with E-state index >= 15 is 0 Å². The molecular weight excluding hydrogens is 340 g/mol. The lowest BCUT2D eigenvalue weighted by Crippen LogP contribution is -2.44. The van der Waals surface area contributed by atoms with Crippen LogP contribution in [0.2, 0.25) is 5.02 Å². The number of nitrogens with zero attached hydrogens (tertiary/aromatic N) is 2. The smallest absolute Gasteiger partial charge is 0.191 e. The van der Waals surface area contributed by atoms with Gasteiger partial charge in [-0.1, -0.05) is 17.7 Å². The van der Waals surface area contributed by atoms with Gasteiger partial charge < -0.3 is 15.5 Å². The number of aliphatic imine (C=N–C) groups is 1. The van der Waals surface area contributed by atoms with E-state index < -0.39 is 0 Å². The summed E-state index contributed by atoms with van der Waals surface area (Å²) in [5, 5.41) is 7.73. The van der Waals surface area contributed by atoms with Crippen LogP contribution in [-0.4, -0.2) is 50.2 Å². The third-order valence-electron chi connectivity index (χ3n) is 4.07. The van der Waals surface area contributed by atoms with Crippen molar-refractivity contribution >= 4 is 35.0 Å². The minimum absolute atomic E-state index is 0.424. The van der Waals surface area contributed by atoms with Crippen molar-refractivity contribution in [3.63, 3.8) is 0 Å². The maximum atomic E-state index is 6.11. The minimum atomic E-state index is 0.424. The Balaban J connectivity index is 1.83. The molecule has 134 valence electrons. The van der Waals surface area contributed by atoms with E-state index in [-0.39, 0.29) is 0 Å². The topological polar surface area (TPSA) is 39.7 Å². The molecule has 24 heavy (non-hydrogen) atoms. The zero-order chi connectivity index (χ0) is 17.2. The molecule has 1 aliphatic rings. The molecule has 0 aromatic heterocycles. The highest BCUT2D eigenvalue weighted by atomic mass is 35.5. The van der Waals surface area contributed by atoms with Crippen molar-refractivity contribution in [2.75, 3.05) is 43.1 Å². The van der Waals surface area contributed by atoms with Gasteiger partial charge in [-0.05, 0) is 56.4 Å². The van der Waals surface area contributed by atoms with Crippen molar-refractivity contribution in [2.45, 2.75) is 32.2 Å². The number of unbranched alkanes of at least 4 members (excludes halogenated alkanes) is 1. The van der Waals surface area contributed by atoms with E-state index in [1.165, 1.54) is 17.9 Å². The van der Waals surface area contributed by atoms with E-state index in [9.17, 15) is 0 Å². The van der Waals surface area contributed by atoms with Gasteiger partial charge in [0.05, 0.1) is 0 Å². The molecule has 1 aromatic carbocycles. The Morgan fingerprint density at radius 3 is 3.04 bits per heavy atom. The first kappa shape index (κ1) is 19.3. The van der Waals surface area contributed by atoms with Crippen molar-refractivity contribution < 1.29 is 0 Å². The summed E-state index contributed by atoms with van der Waals surface area (Å²) in [5.74, 6) is 2.16. The first-order valence-electron chi connectivity index (χ1n) is 8.77. The Morgan fingerprint density at radius 2 is 2.29 bits per heavy atom. The zero-order valence-corrected chi connectivity index (χ0v) is 16.3. The molecule has 1 aromatic rings. The maximum absolute atomic E-state index is 6.11. The van der Waals surface area contributed by atoms with Gasteiger partial charge in [-0.25, -0.2) is 0 Å². The van der Waals surface area contributed by atoms with Crippen molar-refractivity contribution in [1.29, 1.82) is 0 Å². The van der Waals surface area contributed by atoms with Crippen LogP contribution in [0.4, 0.5) is 5.69 Å². The van der Waals surface area contributed by atoms with Gasteiger partial charge in [0, 0.05) is 42.9 Å². The fourth-order valence-corrected chi connectivity index (χ4v) is 3.53. The van der Waals surface area contributed by atoms with Gasteiger partial charge in [0.15, 0.2) is 5.96 Å². The van der Waals surface area contributed by atoms with Crippen molar-refractivity contribution in [3.05, 3.63) is 29.3 Å². The first-order chi connectivity index (χ1) is 11.7. The van der Waals surface area contributed by atoms with Crippen molar-refractivity contribution in [1.82, 2.24) is 10.6 Å². The molecule has 0 radical (unpaired) electrons. The second-order valence-electron chi connectivity index (χ2n) is 6.02. The van der Waals surface area contributed by atoms with E-state index in [1.807, 2.05) is 30.0 Å². The fraction of sp³-hybridized carbons (Fsp3) is 0.611. The van der Waals surface area contributed by atoms with Crippen LogP contribution < -0.4 is 15.5 Å². The summed E-state index contributed by atoms with van der Waals surface area (Å²) in [6, 6.07) is 8.52. The number of guanidine groups is 1. The maximum Gasteiger partial charge on any atom is 0.191 e.